The minimum absolute atomic E-state index is 0.0303. The van der Waals surface area contributed by atoms with E-state index in [0.29, 0.717) is 13.1 Å². The molecule has 2 aromatic heterocycles. The number of nitrogens with zero attached hydrogens (tertiary/aromatic N) is 4. The molecular formula is C27H29N7O4S. The molecule has 2 atom stereocenters. The number of primary amides is 2. The lowest BCUT2D eigenvalue weighted by molar-refractivity contribution is -0.153. The third-order valence-corrected chi connectivity index (χ3v) is 8.29. The summed E-state index contributed by atoms with van der Waals surface area (Å²) >= 11 is 0.805. The Bertz CT molecular complexity index is 1440. The van der Waals surface area contributed by atoms with Gasteiger partial charge in [0, 0.05) is 50.8 Å². The second-order valence-electron chi connectivity index (χ2n) is 9.89. The zero-order valence-corrected chi connectivity index (χ0v) is 22.2. The summed E-state index contributed by atoms with van der Waals surface area (Å²) in [6, 6.07) is 11.4. The van der Waals surface area contributed by atoms with E-state index < -0.39 is 29.2 Å². The molecule has 5 rings (SSSR count). The number of carbonyl (C=O) groups excluding carboxylic acids is 4. The molecule has 0 saturated carbocycles. The van der Waals surface area contributed by atoms with Gasteiger partial charge in [0.25, 0.3) is 17.7 Å². The van der Waals surface area contributed by atoms with Crippen LogP contribution < -0.4 is 16.8 Å². The van der Waals surface area contributed by atoms with Crippen LogP contribution in [0.1, 0.15) is 55.2 Å². The standard InChI is InChI=1S/C27H29N7O4S/c1-16(12-20-21(22(28)35)39-25(31-20)23(29)36)24(37)32-27(13-17-6-4-9-30-14-17)19-8-3-2-7-18(19)15-33-10-5-11-34(33)26(27)38/h2-4,6-9,14,16H,5,10-13,15H2,1H3,(H2,28,35)(H2,29,36)(H,32,37)/t16-,27+/m1/s1. The number of carbonyl (C=O) groups is 4. The molecule has 2 aliphatic heterocycles. The molecule has 4 heterocycles. The van der Waals surface area contributed by atoms with Crippen molar-refractivity contribution >= 4 is 35.0 Å². The first kappa shape index (κ1) is 26.4. The maximum atomic E-state index is 14.4. The van der Waals surface area contributed by atoms with E-state index in [9.17, 15) is 19.2 Å². The molecule has 11 nitrogen and oxygen atoms in total. The van der Waals surface area contributed by atoms with E-state index in [1.165, 1.54) is 0 Å². The second-order valence-corrected chi connectivity index (χ2v) is 10.9. The van der Waals surface area contributed by atoms with Gasteiger partial charge >= 0.3 is 0 Å². The van der Waals surface area contributed by atoms with Crippen LogP contribution in [-0.4, -0.2) is 56.7 Å². The van der Waals surface area contributed by atoms with Gasteiger partial charge in [0.1, 0.15) is 4.88 Å². The lowest BCUT2D eigenvalue weighted by Gasteiger charge is -2.38. The highest BCUT2D eigenvalue weighted by Crippen LogP contribution is 2.37. The van der Waals surface area contributed by atoms with Crippen LogP contribution in [0.5, 0.6) is 0 Å². The Hall–Kier alpha value is -4.16. The van der Waals surface area contributed by atoms with Crippen molar-refractivity contribution in [3.63, 3.8) is 0 Å². The lowest BCUT2D eigenvalue weighted by Crippen LogP contribution is -2.60. The summed E-state index contributed by atoms with van der Waals surface area (Å²) in [5.41, 5.74) is 12.2. The SMILES string of the molecule is C[C@H](Cc1nc(C(N)=O)sc1C(N)=O)C(=O)N[C@]1(Cc2cccnc2)C(=O)N2CCCN2Cc2ccccc21. The lowest BCUT2D eigenvalue weighted by atomic mass is 9.80. The Morgan fingerprint density at radius 2 is 1.92 bits per heavy atom. The predicted molar refractivity (Wildman–Crippen MR) is 143 cm³/mol. The summed E-state index contributed by atoms with van der Waals surface area (Å²) in [5.74, 6) is -2.86. The van der Waals surface area contributed by atoms with Crippen molar-refractivity contribution in [1.82, 2.24) is 25.3 Å². The third-order valence-electron chi connectivity index (χ3n) is 7.16. The number of thiazole rings is 1. The van der Waals surface area contributed by atoms with Crippen LogP contribution in [0.15, 0.2) is 48.8 Å². The van der Waals surface area contributed by atoms with E-state index >= 15 is 0 Å². The zero-order valence-electron chi connectivity index (χ0n) is 21.4. The summed E-state index contributed by atoms with van der Waals surface area (Å²) in [4.78, 5) is 60.3. The van der Waals surface area contributed by atoms with Gasteiger partial charge in [-0.3, -0.25) is 29.2 Å². The molecule has 1 aromatic carbocycles. The number of rotatable bonds is 8. The maximum Gasteiger partial charge on any atom is 0.277 e. The van der Waals surface area contributed by atoms with Crippen molar-refractivity contribution in [1.29, 1.82) is 0 Å². The molecular weight excluding hydrogens is 518 g/mol. The molecule has 1 saturated heterocycles. The number of nitrogens with two attached hydrogens (primary N) is 2. The molecule has 0 radical (unpaired) electrons. The van der Waals surface area contributed by atoms with Gasteiger partial charge in [-0.05, 0) is 29.2 Å². The molecule has 2 aliphatic rings. The number of amides is 4. The van der Waals surface area contributed by atoms with E-state index in [-0.39, 0.29) is 34.3 Å². The number of hydrazine groups is 1. The number of nitrogens with one attached hydrogen (secondary N) is 1. The topological polar surface area (TPSA) is 165 Å². The molecule has 12 heteroatoms. The highest BCUT2D eigenvalue weighted by molar-refractivity contribution is 7.15. The summed E-state index contributed by atoms with van der Waals surface area (Å²) in [5, 5.41) is 6.84. The van der Waals surface area contributed by atoms with Crippen LogP contribution in [0.2, 0.25) is 0 Å². The molecule has 1 fully saturated rings. The minimum Gasteiger partial charge on any atom is -0.365 e. The van der Waals surface area contributed by atoms with Crippen molar-refractivity contribution in [3.8, 4) is 0 Å². The smallest absolute Gasteiger partial charge is 0.277 e. The number of aromatic nitrogens is 2. The largest absolute Gasteiger partial charge is 0.365 e. The number of hydrogen-bond donors (Lipinski definition) is 3. The minimum atomic E-state index is -1.39. The van der Waals surface area contributed by atoms with Crippen molar-refractivity contribution in [3.05, 3.63) is 81.1 Å². The third kappa shape index (κ3) is 5.00. The highest BCUT2D eigenvalue weighted by Gasteiger charge is 2.50. The van der Waals surface area contributed by atoms with Gasteiger partial charge in [-0.1, -0.05) is 37.3 Å². The number of pyridine rings is 1. The monoisotopic (exact) mass is 547 g/mol. The zero-order chi connectivity index (χ0) is 27.7. The summed E-state index contributed by atoms with van der Waals surface area (Å²) in [6.45, 7) is 3.54. The van der Waals surface area contributed by atoms with Crippen LogP contribution in [-0.2, 0) is 34.5 Å². The van der Waals surface area contributed by atoms with E-state index in [1.54, 1.807) is 30.4 Å². The highest BCUT2D eigenvalue weighted by atomic mass is 32.1. The van der Waals surface area contributed by atoms with E-state index in [2.05, 4.69) is 15.3 Å². The molecule has 3 aromatic rings. The first-order chi connectivity index (χ1) is 18.7. The summed E-state index contributed by atoms with van der Waals surface area (Å²) in [6.07, 6.45) is 4.42. The van der Waals surface area contributed by atoms with E-state index in [4.69, 9.17) is 11.5 Å². The molecule has 0 spiro atoms. The Kier molecular flexibility index (Phi) is 7.15. The fraction of sp³-hybridized carbons (Fsp3) is 0.333. The quantitative estimate of drug-likeness (QED) is 0.380. The van der Waals surface area contributed by atoms with Crippen molar-refractivity contribution in [2.75, 3.05) is 13.1 Å². The van der Waals surface area contributed by atoms with Crippen LogP contribution in [0.3, 0.4) is 0 Å². The fourth-order valence-corrected chi connectivity index (χ4v) is 6.11. The average Bonchev–Trinajstić information content (AvgIpc) is 3.54. The Morgan fingerprint density at radius 3 is 2.64 bits per heavy atom. The van der Waals surface area contributed by atoms with Crippen molar-refractivity contribution < 1.29 is 19.2 Å². The van der Waals surface area contributed by atoms with Gasteiger partial charge in [-0.15, -0.1) is 11.3 Å². The maximum absolute atomic E-state index is 14.4. The molecule has 0 bridgehead atoms. The van der Waals surface area contributed by atoms with Gasteiger partial charge in [0.15, 0.2) is 10.5 Å². The second kappa shape index (κ2) is 10.5. The van der Waals surface area contributed by atoms with E-state index in [0.717, 1.165) is 41.0 Å². The molecule has 0 unspecified atom stereocenters. The summed E-state index contributed by atoms with van der Waals surface area (Å²) < 4.78 is 0. The Balaban J connectivity index is 1.54. The van der Waals surface area contributed by atoms with Crippen molar-refractivity contribution in [2.45, 2.75) is 38.3 Å². The predicted octanol–water partition coefficient (Wildman–Crippen LogP) is 1.13. The van der Waals surface area contributed by atoms with Gasteiger partial charge in [-0.25, -0.2) is 9.99 Å². The molecule has 0 aliphatic carbocycles. The number of fused-ring (bicyclic) bond motifs is 2. The number of benzene rings is 1. The normalized spacial score (nSPS) is 19.6. The molecule has 4 amide bonds. The Labute approximate surface area is 229 Å². The van der Waals surface area contributed by atoms with Gasteiger partial charge in [0.05, 0.1) is 5.69 Å². The fourth-order valence-electron chi connectivity index (χ4n) is 5.32. The van der Waals surface area contributed by atoms with Gasteiger partial charge < -0.3 is 16.8 Å². The first-order valence-corrected chi connectivity index (χ1v) is 13.5. The molecule has 39 heavy (non-hydrogen) atoms. The van der Waals surface area contributed by atoms with Gasteiger partial charge in [0.2, 0.25) is 5.91 Å². The van der Waals surface area contributed by atoms with Crippen LogP contribution in [0, 0.1) is 5.92 Å². The van der Waals surface area contributed by atoms with Crippen molar-refractivity contribution in [2.24, 2.45) is 17.4 Å². The first-order valence-electron chi connectivity index (χ1n) is 12.6. The summed E-state index contributed by atoms with van der Waals surface area (Å²) in [7, 11) is 0. The molecule has 5 N–H and O–H groups in total. The van der Waals surface area contributed by atoms with Crippen LogP contribution in [0.25, 0.3) is 0 Å². The molecule has 202 valence electrons. The number of hydrogen-bond acceptors (Lipinski definition) is 8. The van der Waals surface area contributed by atoms with Gasteiger partial charge in [-0.2, -0.15) is 0 Å². The van der Waals surface area contributed by atoms with Crippen LogP contribution >= 0.6 is 11.3 Å². The average molecular weight is 548 g/mol. The van der Waals surface area contributed by atoms with Crippen LogP contribution in [0.4, 0.5) is 0 Å². The Morgan fingerprint density at radius 1 is 1.13 bits per heavy atom. The van der Waals surface area contributed by atoms with E-state index in [1.807, 2.05) is 35.3 Å².